The molecule has 1 amide bonds. The topological polar surface area (TPSA) is 47.6 Å². The van der Waals surface area contributed by atoms with E-state index in [4.69, 9.17) is 23.2 Å². The Hall–Kier alpha value is -1.27. The molecule has 0 bridgehead atoms. The van der Waals surface area contributed by atoms with Gasteiger partial charge in [0, 0.05) is 11.8 Å². The number of carbonyl (C=O) groups is 1. The second-order valence-electron chi connectivity index (χ2n) is 5.00. The molecule has 0 unspecified atom stereocenters. The van der Waals surface area contributed by atoms with Gasteiger partial charge in [0.05, 0.1) is 5.41 Å². The van der Waals surface area contributed by atoms with E-state index in [0.717, 1.165) is 0 Å². The maximum atomic E-state index is 12.9. The Morgan fingerprint density at radius 1 is 1.30 bits per heavy atom. The maximum Gasteiger partial charge on any atom is 0.586 e. The van der Waals surface area contributed by atoms with Crippen LogP contribution >= 0.6 is 23.2 Å². The predicted octanol–water partition coefficient (Wildman–Crippen LogP) is 3.53. The number of amides is 1. The second kappa shape index (κ2) is 3.89. The standard InChI is InChI=1S/C12H9Cl2F2NO3/c1-10(5-11(10,13)14)9(18)17-6-2-3-7-8(4-6)20-12(15,16)19-7/h2-4H,5H2,1H3,(H,17,18)/t10-/m1/s1. The summed E-state index contributed by atoms with van der Waals surface area (Å²) >= 11 is 11.8. The van der Waals surface area contributed by atoms with E-state index in [-0.39, 0.29) is 17.4 Å². The van der Waals surface area contributed by atoms with E-state index in [9.17, 15) is 13.6 Å². The lowest BCUT2D eigenvalue weighted by molar-refractivity contribution is -0.286. The van der Waals surface area contributed by atoms with Gasteiger partial charge in [-0.3, -0.25) is 4.79 Å². The summed E-state index contributed by atoms with van der Waals surface area (Å²) in [5, 5.41) is 2.57. The van der Waals surface area contributed by atoms with Crippen LogP contribution in [-0.2, 0) is 4.79 Å². The van der Waals surface area contributed by atoms with Crippen LogP contribution < -0.4 is 14.8 Å². The summed E-state index contributed by atoms with van der Waals surface area (Å²) in [7, 11) is 0. The van der Waals surface area contributed by atoms with Crippen LogP contribution in [0.1, 0.15) is 13.3 Å². The van der Waals surface area contributed by atoms with E-state index in [1.807, 2.05) is 0 Å². The molecule has 0 saturated heterocycles. The van der Waals surface area contributed by atoms with E-state index in [1.54, 1.807) is 6.92 Å². The highest BCUT2D eigenvalue weighted by molar-refractivity contribution is 6.53. The molecule has 1 saturated carbocycles. The lowest BCUT2D eigenvalue weighted by Crippen LogP contribution is -2.26. The number of fused-ring (bicyclic) bond motifs is 1. The molecule has 3 rings (SSSR count). The van der Waals surface area contributed by atoms with Crippen molar-refractivity contribution < 1.29 is 23.0 Å². The van der Waals surface area contributed by atoms with Crippen molar-refractivity contribution in [1.82, 2.24) is 0 Å². The van der Waals surface area contributed by atoms with Crippen molar-refractivity contribution in [1.29, 1.82) is 0 Å². The van der Waals surface area contributed by atoms with Gasteiger partial charge in [-0.25, -0.2) is 0 Å². The number of carbonyl (C=O) groups excluding carboxylic acids is 1. The molecular formula is C12H9Cl2F2NO3. The number of hydrogen-bond donors (Lipinski definition) is 1. The molecule has 1 fully saturated rings. The van der Waals surface area contributed by atoms with Crippen LogP contribution in [0.15, 0.2) is 18.2 Å². The zero-order valence-electron chi connectivity index (χ0n) is 10.2. The predicted molar refractivity (Wildman–Crippen MR) is 68.4 cm³/mol. The van der Waals surface area contributed by atoms with Gasteiger partial charge < -0.3 is 14.8 Å². The highest BCUT2D eigenvalue weighted by Crippen LogP contribution is 2.64. The lowest BCUT2D eigenvalue weighted by Gasteiger charge is -2.12. The molecule has 1 aliphatic carbocycles. The SMILES string of the molecule is C[C@]1(C(=O)Nc2ccc3c(c2)OC(F)(F)O3)CC1(Cl)Cl. The number of benzene rings is 1. The summed E-state index contributed by atoms with van der Waals surface area (Å²) in [5.41, 5.74) is -0.594. The third-order valence-corrected chi connectivity index (χ3v) is 4.52. The van der Waals surface area contributed by atoms with Crippen LogP contribution in [-0.4, -0.2) is 16.5 Å². The number of ether oxygens (including phenoxy) is 2. The molecule has 1 aromatic rings. The molecule has 1 N–H and O–H groups in total. The fraction of sp³-hybridized carbons (Fsp3) is 0.417. The van der Waals surface area contributed by atoms with Crippen molar-refractivity contribution in [3.05, 3.63) is 18.2 Å². The lowest BCUT2D eigenvalue weighted by atomic mass is 10.1. The molecule has 1 aliphatic heterocycles. The van der Waals surface area contributed by atoms with Crippen molar-refractivity contribution in [2.45, 2.75) is 24.0 Å². The van der Waals surface area contributed by atoms with Gasteiger partial charge in [0.1, 0.15) is 4.33 Å². The highest BCUT2D eigenvalue weighted by Gasteiger charge is 2.67. The molecular weight excluding hydrogens is 315 g/mol. The monoisotopic (exact) mass is 323 g/mol. The summed E-state index contributed by atoms with van der Waals surface area (Å²) in [6, 6.07) is 3.97. The Labute approximate surface area is 122 Å². The molecule has 4 nitrogen and oxygen atoms in total. The van der Waals surface area contributed by atoms with Crippen LogP contribution in [0.4, 0.5) is 14.5 Å². The van der Waals surface area contributed by atoms with Crippen LogP contribution in [0.25, 0.3) is 0 Å². The van der Waals surface area contributed by atoms with Crippen molar-refractivity contribution in [3.8, 4) is 11.5 Å². The summed E-state index contributed by atoms with van der Waals surface area (Å²) in [6.45, 7) is 1.63. The van der Waals surface area contributed by atoms with Gasteiger partial charge in [-0.05, 0) is 25.5 Å². The van der Waals surface area contributed by atoms with Gasteiger partial charge in [0.2, 0.25) is 5.91 Å². The molecule has 0 aromatic heterocycles. The normalized spacial score (nSPS) is 28.1. The first-order valence-corrected chi connectivity index (χ1v) is 6.48. The number of anilines is 1. The maximum absolute atomic E-state index is 12.9. The van der Waals surface area contributed by atoms with Crippen molar-refractivity contribution in [2.24, 2.45) is 5.41 Å². The first kappa shape index (κ1) is 13.7. The van der Waals surface area contributed by atoms with Gasteiger partial charge in [0.15, 0.2) is 11.5 Å². The number of alkyl halides is 4. The number of halogens is 4. The van der Waals surface area contributed by atoms with E-state index in [1.165, 1.54) is 18.2 Å². The molecule has 1 aromatic carbocycles. The minimum absolute atomic E-state index is 0.0883. The Bertz CT molecular complexity index is 608. The minimum atomic E-state index is -3.69. The molecule has 108 valence electrons. The quantitative estimate of drug-likeness (QED) is 0.847. The third kappa shape index (κ3) is 2.07. The summed E-state index contributed by atoms with van der Waals surface area (Å²) in [5.74, 6) is -0.612. The zero-order valence-corrected chi connectivity index (χ0v) is 11.7. The van der Waals surface area contributed by atoms with E-state index in [2.05, 4.69) is 14.8 Å². The van der Waals surface area contributed by atoms with Gasteiger partial charge in [-0.2, -0.15) is 0 Å². The zero-order chi connectivity index (χ0) is 14.8. The first-order chi connectivity index (χ1) is 9.13. The summed E-state index contributed by atoms with van der Waals surface area (Å²) in [6.07, 6.45) is -3.35. The van der Waals surface area contributed by atoms with Crippen LogP contribution in [0.5, 0.6) is 11.5 Å². The number of hydrogen-bond acceptors (Lipinski definition) is 3. The van der Waals surface area contributed by atoms with Gasteiger partial charge in [0.25, 0.3) is 0 Å². The Morgan fingerprint density at radius 2 is 1.90 bits per heavy atom. The number of nitrogens with one attached hydrogen (secondary N) is 1. The van der Waals surface area contributed by atoms with Crippen molar-refractivity contribution in [2.75, 3.05) is 5.32 Å². The fourth-order valence-electron chi connectivity index (χ4n) is 1.94. The third-order valence-electron chi connectivity index (χ3n) is 3.42. The van der Waals surface area contributed by atoms with Crippen LogP contribution in [0.2, 0.25) is 0 Å². The molecule has 20 heavy (non-hydrogen) atoms. The molecule has 0 spiro atoms. The van der Waals surface area contributed by atoms with E-state index < -0.39 is 16.0 Å². The summed E-state index contributed by atoms with van der Waals surface area (Å²) in [4.78, 5) is 12.0. The molecule has 2 aliphatic rings. The van der Waals surface area contributed by atoms with E-state index >= 15 is 0 Å². The Balaban J connectivity index is 1.76. The molecule has 0 radical (unpaired) electrons. The molecule has 8 heteroatoms. The van der Waals surface area contributed by atoms with Crippen molar-refractivity contribution in [3.63, 3.8) is 0 Å². The van der Waals surface area contributed by atoms with Crippen molar-refractivity contribution >= 4 is 34.8 Å². The Morgan fingerprint density at radius 3 is 2.50 bits per heavy atom. The smallest absolute Gasteiger partial charge is 0.395 e. The van der Waals surface area contributed by atoms with E-state index in [0.29, 0.717) is 12.1 Å². The second-order valence-corrected chi connectivity index (χ2v) is 6.48. The van der Waals surface area contributed by atoms with Gasteiger partial charge >= 0.3 is 6.29 Å². The highest BCUT2D eigenvalue weighted by atomic mass is 35.5. The Kier molecular flexibility index (Phi) is 2.66. The first-order valence-electron chi connectivity index (χ1n) is 5.72. The average Bonchev–Trinajstić information content (AvgIpc) is 2.68. The average molecular weight is 324 g/mol. The number of rotatable bonds is 2. The largest absolute Gasteiger partial charge is 0.586 e. The summed E-state index contributed by atoms with van der Waals surface area (Å²) < 4.78 is 33.2. The fourth-order valence-corrected chi connectivity index (χ4v) is 2.65. The van der Waals surface area contributed by atoms with Gasteiger partial charge in [-0.1, -0.05) is 0 Å². The molecule has 1 heterocycles. The van der Waals surface area contributed by atoms with Crippen LogP contribution in [0.3, 0.4) is 0 Å². The molecule has 1 atom stereocenters. The van der Waals surface area contributed by atoms with Gasteiger partial charge in [-0.15, -0.1) is 32.0 Å². The minimum Gasteiger partial charge on any atom is -0.395 e. The van der Waals surface area contributed by atoms with Crippen LogP contribution in [0, 0.1) is 5.41 Å².